The van der Waals surface area contributed by atoms with E-state index in [1.807, 2.05) is 25.1 Å². The molecule has 19 heavy (non-hydrogen) atoms. The maximum Gasteiger partial charge on any atom is 0.0406 e. The van der Waals surface area contributed by atoms with Gasteiger partial charge < -0.3 is 5.73 Å². The molecule has 1 unspecified atom stereocenters. The van der Waals surface area contributed by atoms with Gasteiger partial charge in [0.2, 0.25) is 0 Å². The molecular formula is C15H15BrClNS. The van der Waals surface area contributed by atoms with Crippen LogP contribution in [0.2, 0.25) is 5.02 Å². The fourth-order valence-electron chi connectivity index (χ4n) is 1.75. The third kappa shape index (κ3) is 4.25. The van der Waals surface area contributed by atoms with Crippen LogP contribution in [-0.2, 0) is 5.75 Å². The van der Waals surface area contributed by atoms with E-state index in [1.54, 1.807) is 11.8 Å². The summed E-state index contributed by atoms with van der Waals surface area (Å²) in [7, 11) is 0. The normalized spacial score (nSPS) is 12.4. The Morgan fingerprint density at radius 2 is 1.89 bits per heavy atom. The van der Waals surface area contributed by atoms with E-state index in [0.29, 0.717) is 0 Å². The minimum absolute atomic E-state index is 0.0424. The summed E-state index contributed by atoms with van der Waals surface area (Å²) in [5.74, 6) is 0.910. The molecule has 2 aromatic carbocycles. The molecule has 100 valence electrons. The van der Waals surface area contributed by atoms with E-state index in [9.17, 15) is 0 Å². The van der Waals surface area contributed by atoms with Gasteiger partial charge in [-0.1, -0.05) is 45.7 Å². The van der Waals surface area contributed by atoms with E-state index in [1.165, 1.54) is 16.0 Å². The molecule has 0 aliphatic carbocycles. The molecule has 2 rings (SSSR count). The first kappa shape index (κ1) is 14.9. The molecule has 2 aromatic rings. The maximum atomic E-state index is 6.01. The quantitative estimate of drug-likeness (QED) is 0.741. The minimum Gasteiger partial charge on any atom is -0.324 e. The number of hydrogen-bond acceptors (Lipinski definition) is 2. The Kier molecular flexibility index (Phi) is 5.34. The second-order valence-electron chi connectivity index (χ2n) is 4.39. The summed E-state index contributed by atoms with van der Waals surface area (Å²) in [6.07, 6.45) is 0. The highest BCUT2D eigenvalue weighted by molar-refractivity contribution is 9.10. The zero-order valence-electron chi connectivity index (χ0n) is 10.6. The van der Waals surface area contributed by atoms with Gasteiger partial charge in [-0.05, 0) is 42.3 Å². The lowest BCUT2D eigenvalue weighted by Gasteiger charge is -2.13. The molecule has 1 nitrogen and oxygen atoms in total. The summed E-state index contributed by atoms with van der Waals surface area (Å²) in [4.78, 5) is 1.22. The van der Waals surface area contributed by atoms with Crippen LogP contribution in [0, 0.1) is 0 Å². The van der Waals surface area contributed by atoms with Crippen LogP contribution >= 0.6 is 39.3 Å². The van der Waals surface area contributed by atoms with Gasteiger partial charge in [-0.15, -0.1) is 11.8 Å². The zero-order valence-corrected chi connectivity index (χ0v) is 13.7. The number of rotatable bonds is 4. The Balaban J connectivity index is 2.14. The average Bonchev–Trinajstić information content (AvgIpc) is 2.38. The first-order chi connectivity index (χ1) is 9.06. The molecule has 0 aliphatic rings. The second-order valence-corrected chi connectivity index (χ2v) is 6.76. The SMILES string of the molecule is CC(N)c1ccc(Br)cc1SCc1ccc(Cl)cc1. The van der Waals surface area contributed by atoms with Gasteiger partial charge in [-0.3, -0.25) is 0 Å². The van der Waals surface area contributed by atoms with Crippen molar-refractivity contribution in [1.29, 1.82) is 0 Å². The molecule has 0 aliphatic heterocycles. The van der Waals surface area contributed by atoms with Crippen molar-refractivity contribution in [2.75, 3.05) is 0 Å². The van der Waals surface area contributed by atoms with Gasteiger partial charge in [0.25, 0.3) is 0 Å². The lowest BCUT2D eigenvalue weighted by Crippen LogP contribution is -2.06. The average molecular weight is 357 g/mol. The molecule has 0 heterocycles. The molecule has 4 heteroatoms. The van der Waals surface area contributed by atoms with Crippen molar-refractivity contribution in [3.63, 3.8) is 0 Å². The lowest BCUT2D eigenvalue weighted by atomic mass is 10.1. The minimum atomic E-state index is 0.0424. The van der Waals surface area contributed by atoms with Crippen molar-refractivity contribution in [3.05, 3.63) is 63.1 Å². The molecule has 0 radical (unpaired) electrons. The highest BCUT2D eigenvalue weighted by Crippen LogP contribution is 2.32. The molecular weight excluding hydrogens is 342 g/mol. The summed E-state index contributed by atoms with van der Waals surface area (Å²) >= 11 is 11.2. The summed E-state index contributed by atoms with van der Waals surface area (Å²) in [6, 6.07) is 14.2. The van der Waals surface area contributed by atoms with Crippen LogP contribution in [0.25, 0.3) is 0 Å². The maximum absolute atomic E-state index is 6.01. The van der Waals surface area contributed by atoms with Gasteiger partial charge in [0.15, 0.2) is 0 Å². The van der Waals surface area contributed by atoms with Crippen molar-refractivity contribution in [2.24, 2.45) is 5.73 Å². The van der Waals surface area contributed by atoms with Crippen molar-refractivity contribution < 1.29 is 0 Å². The Bertz CT molecular complexity index is 555. The van der Waals surface area contributed by atoms with Crippen LogP contribution < -0.4 is 5.73 Å². The fourth-order valence-corrected chi connectivity index (χ4v) is 3.54. The van der Waals surface area contributed by atoms with Gasteiger partial charge >= 0.3 is 0 Å². The van der Waals surface area contributed by atoms with Gasteiger partial charge in [0.05, 0.1) is 0 Å². The van der Waals surface area contributed by atoms with E-state index in [4.69, 9.17) is 17.3 Å². The Labute approximate surface area is 131 Å². The summed E-state index contributed by atoms with van der Waals surface area (Å²) < 4.78 is 1.08. The topological polar surface area (TPSA) is 26.0 Å². The highest BCUT2D eigenvalue weighted by Gasteiger charge is 2.08. The Morgan fingerprint density at radius 1 is 1.21 bits per heavy atom. The van der Waals surface area contributed by atoms with Crippen LogP contribution in [0.3, 0.4) is 0 Å². The number of thioether (sulfide) groups is 1. The first-order valence-electron chi connectivity index (χ1n) is 5.98. The third-order valence-corrected chi connectivity index (χ3v) is 4.66. The van der Waals surface area contributed by atoms with E-state index in [0.717, 1.165) is 15.2 Å². The molecule has 0 spiro atoms. The Morgan fingerprint density at radius 3 is 2.53 bits per heavy atom. The number of halogens is 2. The molecule has 2 N–H and O–H groups in total. The van der Waals surface area contributed by atoms with E-state index in [2.05, 4.69) is 40.2 Å². The molecule has 0 bridgehead atoms. The van der Waals surface area contributed by atoms with Crippen LogP contribution in [0.15, 0.2) is 51.8 Å². The fraction of sp³-hybridized carbons (Fsp3) is 0.200. The third-order valence-electron chi connectivity index (χ3n) is 2.77. The van der Waals surface area contributed by atoms with Crippen molar-refractivity contribution in [1.82, 2.24) is 0 Å². The van der Waals surface area contributed by atoms with Gasteiger partial charge in [-0.2, -0.15) is 0 Å². The van der Waals surface area contributed by atoms with Crippen molar-refractivity contribution >= 4 is 39.3 Å². The first-order valence-corrected chi connectivity index (χ1v) is 8.14. The molecule has 0 amide bonds. The monoisotopic (exact) mass is 355 g/mol. The van der Waals surface area contributed by atoms with E-state index in [-0.39, 0.29) is 6.04 Å². The summed E-state index contributed by atoms with van der Waals surface area (Å²) in [6.45, 7) is 2.01. The number of benzene rings is 2. The summed E-state index contributed by atoms with van der Waals surface area (Å²) in [5.41, 5.74) is 8.44. The zero-order chi connectivity index (χ0) is 13.8. The molecule has 0 saturated heterocycles. The van der Waals surface area contributed by atoms with Crippen LogP contribution in [0.4, 0.5) is 0 Å². The number of nitrogens with two attached hydrogens (primary N) is 1. The largest absolute Gasteiger partial charge is 0.324 e. The van der Waals surface area contributed by atoms with Crippen molar-refractivity contribution in [3.8, 4) is 0 Å². The van der Waals surface area contributed by atoms with Crippen LogP contribution in [0.1, 0.15) is 24.1 Å². The lowest BCUT2D eigenvalue weighted by molar-refractivity contribution is 0.797. The highest BCUT2D eigenvalue weighted by atomic mass is 79.9. The van der Waals surface area contributed by atoms with Crippen molar-refractivity contribution in [2.45, 2.75) is 23.6 Å². The molecule has 1 atom stereocenters. The van der Waals surface area contributed by atoms with Crippen LogP contribution in [-0.4, -0.2) is 0 Å². The van der Waals surface area contributed by atoms with Gasteiger partial charge in [0, 0.05) is 26.2 Å². The van der Waals surface area contributed by atoms with E-state index >= 15 is 0 Å². The summed E-state index contributed by atoms with van der Waals surface area (Å²) in [5, 5.41) is 0.771. The standard InChI is InChI=1S/C15H15BrClNS/c1-10(18)14-7-4-12(16)8-15(14)19-9-11-2-5-13(17)6-3-11/h2-8,10H,9,18H2,1H3. The van der Waals surface area contributed by atoms with Gasteiger partial charge in [0.1, 0.15) is 0 Å². The molecule has 0 fully saturated rings. The predicted octanol–water partition coefficient (Wildman–Crippen LogP) is 5.41. The molecule has 0 saturated carbocycles. The van der Waals surface area contributed by atoms with Crippen LogP contribution in [0.5, 0.6) is 0 Å². The Hall–Kier alpha value is -0.480. The number of hydrogen-bond donors (Lipinski definition) is 1. The molecule has 0 aromatic heterocycles. The smallest absolute Gasteiger partial charge is 0.0406 e. The second kappa shape index (κ2) is 6.80. The van der Waals surface area contributed by atoms with E-state index < -0.39 is 0 Å². The van der Waals surface area contributed by atoms with Gasteiger partial charge in [-0.25, -0.2) is 0 Å². The predicted molar refractivity (Wildman–Crippen MR) is 87.8 cm³/mol.